The molecule has 0 bridgehead atoms. The third kappa shape index (κ3) is 2.15. The quantitative estimate of drug-likeness (QED) is 0.550. The second-order valence-electron chi connectivity index (χ2n) is 1.65. The summed E-state index contributed by atoms with van der Waals surface area (Å²) in [6, 6.07) is 3.60. The molecule has 0 saturated heterocycles. The summed E-state index contributed by atoms with van der Waals surface area (Å²) in [6.07, 6.45) is 1.96. The predicted molar refractivity (Wildman–Crippen MR) is 48.7 cm³/mol. The number of hydrogen-bond acceptors (Lipinski definition) is 2. The molecule has 0 saturated carbocycles. The first-order valence-electron chi connectivity index (χ1n) is 2.59. The van der Waals surface area contributed by atoms with Crippen LogP contribution in [0, 0.1) is 0 Å². The summed E-state index contributed by atoms with van der Waals surface area (Å²) in [5, 5.41) is 1.64. The Morgan fingerprint density at radius 1 is 1.60 bits per heavy atom. The normalized spacial score (nSPS) is 9.90. The Kier molecular flexibility index (Phi) is 3.01. The van der Waals surface area contributed by atoms with Gasteiger partial charge in [-0.2, -0.15) is 0 Å². The van der Waals surface area contributed by atoms with Gasteiger partial charge in [-0.05, 0) is 34.3 Å². The number of hydrogen-bond donors (Lipinski definition) is 0. The van der Waals surface area contributed by atoms with Gasteiger partial charge < -0.3 is 0 Å². The van der Waals surface area contributed by atoms with Crippen molar-refractivity contribution in [3.8, 4) is 0 Å². The highest BCUT2D eigenvalue weighted by atomic mass is 79.9. The SMILES string of the molecule is CSc1cc(Cl)cc(Br)n1. The van der Waals surface area contributed by atoms with E-state index >= 15 is 0 Å². The molecule has 0 unspecified atom stereocenters. The summed E-state index contributed by atoms with van der Waals surface area (Å²) in [6.45, 7) is 0. The molecule has 0 radical (unpaired) electrons. The Hall–Kier alpha value is 0.270. The average Bonchev–Trinajstić information content (AvgIpc) is 1.85. The van der Waals surface area contributed by atoms with E-state index in [1.165, 1.54) is 0 Å². The molecule has 1 rings (SSSR count). The van der Waals surface area contributed by atoms with Gasteiger partial charge in [0, 0.05) is 5.02 Å². The topological polar surface area (TPSA) is 12.9 Å². The molecule has 0 aliphatic rings. The van der Waals surface area contributed by atoms with E-state index < -0.39 is 0 Å². The molecule has 0 aromatic carbocycles. The van der Waals surface area contributed by atoms with Crippen LogP contribution in [-0.4, -0.2) is 11.2 Å². The van der Waals surface area contributed by atoms with Gasteiger partial charge in [0.2, 0.25) is 0 Å². The van der Waals surface area contributed by atoms with E-state index in [0.29, 0.717) is 5.02 Å². The van der Waals surface area contributed by atoms with Crippen molar-refractivity contribution in [1.82, 2.24) is 4.98 Å². The molecule has 1 nitrogen and oxygen atoms in total. The first-order chi connectivity index (χ1) is 4.72. The maximum atomic E-state index is 5.75. The van der Waals surface area contributed by atoms with Gasteiger partial charge >= 0.3 is 0 Å². The summed E-state index contributed by atoms with van der Waals surface area (Å²) in [7, 11) is 0. The molecule has 1 aromatic heterocycles. The molecule has 0 N–H and O–H groups in total. The van der Waals surface area contributed by atoms with Crippen molar-refractivity contribution in [1.29, 1.82) is 0 Å². The number of halogens is 2. The zero-order chi connectivity index (χ0) is 7.56. The molecule has 10 heavy (non-hydrogen) atoms. The Balaban J connectivity index is 3.06. The molecule has 54 valence electrons. The predicted octanol–water partition coefficient (Wildman–Crippen LogP) is 3.22. The average molecular weight is 239 g/mol. The molecule has 0 aliphatic carbocycles. The molecule has 4 heteroatoms. The van der Waals surface area contributed by atoms with E-state index in [9.17, 15) is 0 Å². The third-order valence-electron chi connectivity index (χ3n) is 0.944. The van der Waals surface area contributed by atoms with Crippen molar-refractivity contribution < 1.29 is 0 Å². The van der Waals surface area contributed by atoms with Crippen molar-refractivity contribution in [3.05, 3.63) is 21.8 Å². The lowest BCUT2D eigenvalue weighted by atomic mass is 10.5. The minimum Gasteiger partial charge on any atom is -0.235 e. The fraction of sp³-hybridized carbons (Fsp3) is 0.167. The summed E-state index contributed by atoms with van der Waals surface area (Å²) in [4.78, 5) is 4.15. The van der Waals surface area contributed by atoms with Crippen LogP contribution >= 0.6 is 39.3 Å². The summed E-state index contributed by atoms with van der Waals surface area (Å²) >= 11 is 10.6. The molecule has 0 atom stereocenters. The highest BCUT2D eigenvalue weighted by Gasteiger charge is 1.96. The summed E-state index contributed by atoms with van der Waals surface area (Å²) < 4.78 is 0.782. The van der Waals surface area contributed by atoms with Gasteiger partial charge in [0.15, 0.2) is 0 Å². The van der Waals surface area contributed by atoms with Crippen molar-refractivity contribution in [2.24, 2.45) is 0 Å². The summed E-state index contributed by atoms with van der Waals surface area (Å²) in [5.74, 6) is 0. The lowest BCUT2D eigenvalue weighted by molar-refractivity contribution is 1.11. The van der Waals surface area contributed by atoms with Crippen LogP contribution in [0.25, 0.3) is 0 Å². The third-order valence-corrected chi connectivity index (χ3v) is 2.20. The van der Waals surface area contributed by atoms with Gasteiger partial charge in [-0.3, -0.25) is 0 Å². The molecule has 0 fully saturated rings. The highest BCUT2D eigenvalue weighted by Crippen LogP contribution is 2.21. The van der Waals surface area contributed by atoms with Crippen molar-refractivity contribution in [2.75, 3.05) is 6.26 Å². The first-order valence-corrected chi connectivity index (χ1v) is 4.99. The van der Waals surface area contributed by atoms with Gasteiger partial charge in [0.1, 0.15) is 4.60 Å². The van der Waals surface area contributed by atoms with E-state index in [1.54, 1.807) is 17.8 Å². The summed E-state index contributed by atoms with van der Waals surface area (Å²) in [5.41, 5.74) is 0. The van der Waals surface area contributed by atoms with Gasteiger partial charge in [-0.1, -0.05) is 11.6 Å². The van der Waals surface area contributed by atoms with Crippen molar-refractivity contribution in [2.45, 2.75) is 5.03 Å². The van der Waals surface area contributed by atoms with Crippen LogP contribution in [0.5, 0.6) is 0 Å². The first kappa shape index (κ1) is 8.37. The largest absolute Gasteiger partial charge is 0.235 e. The van der Waals surface area contributed by atoms with Gasteiger partial charge in [0.05, 0.1) is 5.03 Å². The molecule has 1 aromatic rings. The van der Waals surface area contributed by atoms with E-state index in [0.717, 1.165) is 9.63 Å². The zero-order valence-electron chi connectivity index (χ0n) is 5.27. The van der Waals surface area contributed by atoms with Crippen LogP contribution < -0.4 is 0 Å². The number of pyridine rings is 1. The van der Waals surface area contributed by atoms with Crippen LogP contribution in [0.2, 0.25) is 5.02 Å². The fourth-order valence-electron chi connectivity index (χ4n) is 0.548. The number of rotatable bonds is 1. The van der Waals surface area contributed by atoms with Crippen molar-refractivity contribution >= 4 is 39.3 Å². The minimum absolute atomic E-state index is 0.714. The second-order valence-corrected chi connectivity index (χ2v) is 3.73. The maximum absolute atomic E-state index is 5.75. The number of nitrogens with zero attached hydrogens (tertiary/aromatic N) is 1. The van der Waals surface area contributed by atoms with E-state index in [4.69, 9.17) is 11.6 Å². The second kappa shape index (κ2) is 3.60. The Bertz CT molecular complexity index is 221. The van der Waals surface area contributed by atoms with Gasteiger partial charge in [0.25, 0.3) is 0 Å². The highest BCUT2D eigenvalue weighted by molar-refractivity contribution is 9.10. The molecule has 0 aliphatic heterocycles. The van der Waals surface area contributed by atoms with Crippen LogP contribution in [0.15, 0.2) is 21.8 Å². The van der Waals surface area contributed by atoms with E-state index in [1.807, 2.05) is 12.3 Å². The fourth-order valence-corrected chi connectivity index (χ4v) is 1.94. The van der Waals surface area contributed by atoms with Gasteiger partial charge in [-0.15, -0.1) is 11.8 Å². The Morgan fingerprint density at radius 2 is 2.30 bits per heavy atom. The molecule has 0 spiro atoms. The number of thioether (sulfide) groups is 1. The molecule has 0 amide bonds. The maximum Gasteiger partial charge on any atom is 0.108 e. The molecule has 1 heterocycles. The van der Waals surface area contributed by atoms with E-state index in [2.05, 4.69) is 20.9 Å². The zero-order valence-corrected chi connectivity index (χ0v) is 8.42. The number of aromatic nitrogens is 1. The monoisotopic (exact) mass is 237 g/mol. The Labute approximate surface area is 77.3 Å². The van der Waals surface area contributed by atoms with Gasteiger partial charge in [-0.25, -0.2) is 4.98 Å². The lowest BCUT2D eigenvalue weighted by Crippen LogP contribution is -1.78. The molecular formula is C6H5BrClNS. The van der Waals surface area contributed by atoms with E-state index in [-0.39, 0.29) is 0 Å². The smallest absolute Gasteiger partial charge is 0.108 e. The standard InChI is InChI=1S/C6H5BrClNS/c1-10-6-3-4(8)2-5(7)9-6/h2-3H,1H3. The van der Waals surface area contributed by atoms with Crippen LogP contribution in [0.1, 0.15) is 0 Å². The minimum atomic E-state index is 0.714. The van der Waals surface area contributed by atoms with Crippen molar-refractivity contribution in [3.63, 3.8) is 0 Å². The molecular weight excluding hydrogens is 233 g/mol. The van der Waals surface area contributed by atoms with Crippen LogP contribution in [0.4, 0.5) is 0 Å². The van der Waals surface area contributed by atoms with Crippen LogP contribution in [-0.2, 0) is 0 Å². The van der Waals surface area contributed by atoms with Crippen LogP contribution in [0.3, 0.4) is 0 Å². The Morgan fingerprint density at radius 3 is 2.80 bits per heavy atom. The lowest BCUT2D eigenvalue weighted by Gasteiger charge is -1.96.